The molecule has 1 amide bonds. The highest BCUT2D eigenvalue weighted by Crippen LogP contribution is 2.21. The van der Waals surface area contributed by atoms with Crippen molar-refractivity contribution in [1.82, 2.24) is 9.80 Å². The van der Waals surface area contributed by atoms with Crippen LogP contribution in [0.5, 0.6) is 5.75 Å². The standard InChI is InChI=1S/C23H32N2O3/c1-17-14-22(18(2)28-17)23(26)24(3)15-20-6-5-12-25(16-20)13-11-19-7-9-21(27-4)10-8-19/h7-10,14,20H,5-6,11-13,15-16H2,1-4H3/t20-/m0/s1. The zero-order valence-corrected chi connectivity index (χ0v) is 17.5. The van der Waals surface area contributed by atoms with E-state index in [1.807, 2.05) is 44.0 Å². The van der Waals surface area contributed by atoms with Gasteiger partial charge in [0, 0.05) is 26.7 Å². The van der Waals surface area contributed by atoms with Crippen molar-refractivity contribution in [2.24, 2.45) is 5.92 Å². The quantitative estimate of drug-likeness (QED) is 0.726. The van der Waals surface area contributed by atoms with Crippen molar-refractivity contribution in [2.45, 2.75) is 33.1 Å². The molecule has 3 rings (SSSR count). The largest absolute Gasteiger partial charge is 0.497 e. The second-order valence-corrected chi connectivity index (χ2v) is 7.92. The third-order valence-corrected chi connectivity index (χ3v) is 5.63. The molecule has 0 spiro atoms. The average Bonchev–Trinajstić information content (AvgIpc) is 3.04. The van der Waals surface area contributed by atoms with Crippen LogP contribution in [0, 0.1) is 19.8 Å². The van der Waals surface area contributed by atoms with Crippen LogP contribution < -0.4 is 4.74 Å². The van der Waals surface area contributed by atoms with Gasteiger partial charge >= 0.3 is 0 Å². The number of furan rings is 1. The Morgan fingerprint density at radius 1 is 1.29 bits per heavy atom. The highest BCUT2D eigenvalue weighted by Gasteiger charge is 2.24. The van der Waals surface area contributed by atoms with E-state index in [0.717, 1.165) is 44.1 Å². The first-order chi connectivity index (χ1) is 13.5. The van der Waals surface area contributed by atoms with E-state index in [9.17, 15) is 4.79 Å². The normalized spacial score (nSPS) is 17.5. The number of hydrogen-bond acceptors (Lipinski definition) is 4. The summed E-state index contributed by atoms with van der Waals surface area (Å²) in [5, 5.41) is 0. The molecule has 152 valence electrons. The number of nitrogens with zero attached hydrogens (tertiary/aromatic N) is 2. The molecule has 2 heterocycles. The van der Waals surface area contributed by atoms with Crippen LogP contribution in [0.3, 0.4) is 0 Å². The van der Waals surface area contributed by atoms with Gasteiger partial charge in [-0.3, -0.25) is 4.79 Å². The van der Waals surface area contributed by atoms with Gasteiger partial charge < -0.3 is 19.0 Å². The summed E-state index contributed by atoms with van der Waals surface area (Å²) in [5.74, 6) is 2.98. The zero-order valence-electron chi connectivity index (χ0n) is 17.5. The van der Waals surface area contributed by atoms with Gasteiger partial charge in [-0.05, 0) is 69.3 Å². The number of hydrogen-bond donors (Lipinski definition) is 0. The van der Waals surface area contributed by atoms with E-state index in [1.54, 1.807) is 7.11 Å². The minimum atomic E-state index is 0.0599. The third kappa shape index (κ3) is 5.16. The summed E-state index contributed by atoms with van der Waals surface area (Å²) in [7, 11) is 3.60. The molecule has 1 atom stereocenters. The first-order valence-electron chi connectivity index (χ1n) is 10.1. The number of benzene rings is 1. The van der Waals surface area contributed by atoms with Gasteiger partial charge in [0.2, 0.25) is 0 Å². The molecule has 0 radical (unpaired) electrons. The summed E-state index contributed by atoms with van der Waals surface area (Å²) >= 11 is 0. The van der Waals surface area contributed by atoms with Gasteiger partial charge in [0.05, 0.1) is 12.7 Å². The minimum absolute atomic E-state index is 0.0599. The molecular weight excluding hydrogens is 352 g/mol. The van der Waals surface area contributed by atoms with Crippen molar-refractivity contribution in [3.8, 4) is 5.75 Å². The lowest BCUT2D eigenvalue weighted by Crippen LogP contribution is -2.42. The number of methoxy groups -OCH3 is 1. The van der Waals surface area contributed by atoms with Gasteiger partial charge in [0.25, 0.3) is 5.91 Å². The molecule has 0 unspecified atom stereocenters. The molecule has 1 aromatic carbocycles. The molecule has 5 heteroatoms. The zero-order chi connectivity index (χ0) is 20.1. The lowest BCUT2D eigenvalue weighted by Gasteiger charge is -2.34. The van der Waals surface area contributed by atoms with E-state index in [1.165, 1.54) is 18.4 Å². The minimum Gasteiger partial charge on any atom is -0.497 e. The Kier molecular flexibility index (Phi) is 6.79. The topological polar surface area (TPSA) is 45.9 Å². The first kappa shape index (κ1) is 20.5. The average molecular weight is 385 g/mol. The van der Waals surface area contributed by atoms with Crippen molar-refractivity contribution in [2.75, 3.05) is 40.3 Å². The number of carbonyl (C=O) groups excluding carboxylic acids is 1. The monoisotopic (exact) mass is 384 g/mol. The van der Waals surface area contributed by atoms with E-state index in [2.05, 4.69) is 17.0 Å². The van der Waals surface area contributed by atoms with Crippen LogP contribution in [0.4, 0.5) is 0 Å². The van der Waals surface area contributed by atoms with E-state index < -0.39 is 0 Å². The molecule has 1 fully saturated rings. The molecule has 5 nitrogen and oxygen atoms in total. The van der Waals surface area contributed by atoms with Crippen LogP contribution >= 0.6 is 0 Å². The maximum atomic E-state index is 12.7. The summed E-state index contributed by atoms with van der Waals surface area (Å²) in [6.45, 7) is 7.78. The van der Waals surface area contributed by atoms with Gasteiger partial charge in [-0.2, -0.15) is 0 Å². The molecule has 1 saturated heterocycles. The summed E-state index contributed by atoms with van der Waals surface area (Å²) in [4.78, 5) is 17.1. The summed E-state index contributed by atoms with van der Waals surface area (Å²) < 4.78 is 10.7. The van der Waals surface area contributed by atoms with Crippen LogP contribution in [0.15, 0.2) is 34.7 Å². The summed E-state index contributed by atoms with van der Waals surface area (Å²) in [6.07, 6.45) is 3.41. The van der Waals surface area contributed by atoms with Gasteiger partial charge in [-0.25, -0.2) is 0 Å². The van der Waals surface area contributed by atoms with E-state index in [0.29, 0.717) is 17.2 Å². The Morgan fingerprint density at radius 3 is 2.68 bits per heavy atom. The van der Waals surface area contributed by atoms with Crippen LogP contribution in [0.1, 0.15) is 40.3 Å². The number of amides is 1. The van der Waals surface area contributed by atoms with Crippen LogP contribution in [0.2, 0.25) is 0 Å². The van der Waals surface area contributed by atoms with Crippen molar-refractivity contribution in [1.29, 1.82) is 0 Å². The van der Waals surface area contributed by atoms with Gasteiger partial charge in [-0.1, -0.05) is 12.1 Å². The lowest BCUT2D eigenvalue weighted by molar-refractivity contribution is 0.0728. The number of rotatable bonds is 7. The van der Waals surface area contributed by atoms with E-state index in [-0.39, 0.29) is 5.91 Å². The second-order valence-electron chi connectivity index (χ2n) is 7.92. The predicted octanol–water partition coefficient (Wildman–Crippen LogP) is 3.93. The van der Waals surface area contributed by atoms with Crippen molar-refractivity contribution in [3.63, 3.8) is 0 Å². The molecule has 1 aliphatic heterocycles. The predicted molar refractivity (Wildman–Crippen MR) is 111 cm³/mol. The number of likely N-dealkylation sites (tertiary alicyclic amines) is 1. The number of piperidine rings is 1. The fourth-order valence-corrected chi connectivity index (χ4v) is 4.10. The smallest absolute Gasteiger partial charge is 0.257 e. The fraction of sp³-hybridized carbons (Fsp3) is 0.522. The van der Waals surface area contributed by atoms with E-state index in [4.69, 9.17) is 9.15 Å². The molecular formula is C23H32N2O3. The van der Waals surface area contributed by atoms with Crippen molar-refractivity contribution in [3.05, 3.63) is 53.0 Å². The summed E-state index contributed by atoms with van der Waals surface area (Å²) in [5.41, 5.74) is 2.02. The molecule has 0 aliphatic carbocycles. The molecule has 2 aromatic rings. The molecule has 0 saturated carbocycles. The van der Waals surface area contributed by atoms with Crippen molar-refractivity contribution < 1.29 is 13.9 Å². The fourth-order valence-electron chi connectivity index (χ4n) is 4.10. The molecule has 28 heavy (non-hydrogen) atoms. The maximum Gasteiger partial charge on any atom is 0.257 e. The van der Waals surface area contributed by atoms with Gasteiger partial charge in [-0.15, -0.1) is 0 Å². The molecule has 1 aromatic heterocycles. The Balaban J connectivity index is 1.49. The Hall–Kier alpha value is -2.27. The van der Waals surface area contributed by atoms with Gasteiger partial charge in [0.15, 0.2) is 0 Å². The Labute approximate surface area is 168 Å². The van der Waals surface area contributed by atoms with Crippen molar-refractivity contribution >= 4 is 5.91 Å². The van der Waals surface area contributed by atoms with E-state index >= 15 is 0 Å². The van der Waals surface area contributed by atoms with Crippen LogP contribution in [-0.4, -0.2) is 56.0 Å². The van der Waals surface area contributed by atoms with Gasteiger partial charge in [0.1, 0.15) is 17.3 Å². The van der Waals surface area contributed by atoms with Crippen LogP contribution in [-0.2, 0) is 6.42 Å². The molecule has 1 aliphatic rings. The number of aryl methyl sites for hydroxylation is 2. The Morgan fingerprint density at radius 2 is 2.04 bits per heavy atom. The number of ether oxygens (including phenoxy) is 1. The molecule has 0 N–H and O–H groups in total. The maximum absolute atomic E-state index is 12.7. The molecule has 0 bridgehead atoms. The third-order valence-electron chi connectivity index (χ3n) is 5.63. The lowest BCUT2D eigenvalue weighted by atomic mass is 9.96. The van der Waals surface area contributed by atoms with Crippen LogP contribution in [0.25, 0.3) is 0 Å². The first-order valence-corrected chi connectivity index (χ1v) is 10.1. The number of carbonyl (C=O) groups is 1. The highest BCUT2D eigenvalue weighted by molar-refractivity contribution is 5.95. The Bertz CT molecular complexity index is 782. The highest BCUT2D eigenvalue weighted by atomic mass is 16.5. The SMILES string of the molecule is COc1ccc(CCN2CCC[C@@H](CN(C)C(=O)c3cc(C)oc3C)C2)cc1. The second kappa shape index (κ2) is 9.28. The summed E-state index contributed by atoms with van der Waals surface area (Å²) in [6, 6.07) is 10.2.